The first-order valence-electron chi connectivity index (χ1n) is 8.58. The Morgan fingerprint density at radius 2 is 1.63 bits per heavy atom. The Hall–Kier alpha value is -2.82. The molecular weight excluding hydrogens is 356 g/mol. The zero-order valence-electron chi connectivity index (χ0n) is 14.7. The van der Waals surface area contributed by atoms with Crippen LogP contribution in [0, 0.1) is 23.3 Å². The molecule has 0 spiro atoms. The fourth-order valence-corrected chi connectivity index (χ4v) is 2.84. The molecule has 0 aliphatic carbocycles. The first kappa shape index (κ1) is 19.0. The van der Waals surface area contributed by atoms with Crippen LogP contribution in [0.15, 0.2) is 54.6 Å². The molecule has 0 aliphatic rings. The lowest BCUT2D eigenvalue weighted by Crippen LogP contribution is -2.03. The van der Waals surface area contributed by atoms with Crippen LogP contribution in [0.2, 0.25) is 0 Å². The van der Waals surface area contributed by atoms with E-state index in [0.717, 1.165) is 6.07 Å². The smallest absolute Gasteiger partial charge is 0.166 e. The number of halogens is 4. The minimum Gasteiger partial charge on any atom is -0.489 e. The van der Waals surface area contributed by atoms with Crippen LogP contribution in [0.4, 0.5) is 17.6 Å². The molecule has 0 N–H and O–H groups in total. The predicted octanol–water partition coefficient (Wildman–Crippen LogP) is 6.48. The highest BCUT2D eigenvalue weighted by Gasteiger charge is 2.13. The number of benzene rings is 3. The fourth-order valence-electron chi connectivity index (χ4n) is 2.84. The molecular formula is C22H18F4O. The second kappa shape index (κ2) is 8.25. The highest BCUT2D eigenvalue weighted by atomic mass is 19.2. The largest absolute Gasteiger partial charge is 0.489 e. The van der Waals surface area contributed by atoms with Crippen LogP contribution in [0.25, 0.3) is 10.8 Å². The van der Waals surface area contributed by atoms with Gasteiger partial charge < -0.3 is 4.74 Å². The van der Waals surface area contributed by atoms with Gasteiger partial charge in [0.1, 0.15) is 24.0 Å². The third kappa shape index (κ3) is 4.30. The van der Waals surface area contributed by atoms with E-state index in [4.69, 9.17) is 4.74 Å². The summed E-state index contributed by atoms with van der Waals surface area (Å²) in [5, 5.41) is 0.553. The van der Waals surface area contributed by atoms with Gasteiger partial charge in [0.2, 0.25) is 0 Å². The number of allylic oxidation sites excluding steroid dienone is 2. The molecule has 0 saturated heterocycles. The number of ether oxygens (including phenoxy) is 1. The van der Waals surface area contributed by atoms with Gasteiger partial charge in [-0.05, 0) is 67.1 Å². The topological polar surface area (TPSA) is 9.23 Å². The average molecular weight is 374 g/mol. The molecule has 3 rings (SSSR count). The van der Waals surface area contributed by atoms with Crippen LogP contribution in [-0.4, -0.2) is 0 Å². The van der Waals surface area contributed by atoms with Gasteiger partial charge >= 0.3 is 0 Å². The minimum absolute atomic E-state index is 0.116. The van der Waals surface area contributed by atoms with Crippen LogP contribution in [0.3, 0.4) is 0 Å². The van der Waals surface area contributed by atoms with E-state index in [-0.39, 0.29) is 17.6 Å². The van der Waals surface area contributed by atoms with Crippen molar-refractivity contribution in [1.29, 1.82) is 0 Å². The molecule has 3 aromatic rings. The monoisotopic (exact) mass is 374 g/mol. The maximum Gasteiger partial charge on any atom is 0.166 e. The van der Waals surface area contributed by atoms with E-state index in [9.17, 15) is 17.6 Å². The molecule has 0 atom stereocenters. The van der Waals surface area contributed by atoms with Crippen molar-refractivity contribution in [1.82, 2.24) is 0 Å². The average Bonchev–Trinajstić information content (AvgIpc) is 2.64. The van der Waals surface area contributed by atoms with E-state index in [0.29, 0.717) is 29.5 Å². The van der Waals surface area contributed by atoms with Crippen molar-refractivity contribution >= 4 is 10.8 Å². The lowest BCUT2D eigenvalue weighted by molar-refractivity contribution is 0.293. The summed E-state index contributed by atoms with van der Waals surface area (Å²) >= 11 is 0. The second-order valence-electron chi connectivity index (χ2n) is 6.18. The van der Waals surface area contributed by atoms with Gasteiger partial charge in [-0.1, -0.05) is 18.2 Å². The third-order valence-electron chi connectivity index (χ3n) is 4.30. The van der Waals surface area contributed by atoms with E-state index in [1.807, 2.05) is 19.1 Å². The van der Waals surface area contributed by atoms with E-state index >= 15 is 0 Å². The molecule has 0 bridgehead atoms. The fraction of sp³-hybridized carbons (Fsp3) is 0.182. The molecule has 1 nitrogen and oxygen atoms in total. The first-order chi connectivity index (χ1) is 13.0. The predicted molar refractivity (Wildman–Crippen MR) is 97.7 cm³/mol. The summed E-state index contributed by atoms with van der Waals surface area (Å²) in [4.78, 5) is 0. The number of fused-ring (bicyclic) bond motifs is 1. The lowest BCUT2D eigenvalue weighted by Gasteiger charge is -2.11. The van der Waals surface area contributed by atoms with Crippen LogP contribution in [-0.2, 0) is 13.0 Å². The molecule has 140 valence electrons. The zero-order valence-corrected chi connectivity index (χ0v) is 14.7. The molecule has 3 aromatic carbocycles. The Balaban J connectivity index is 1.76. The summed E-state index contributed by atoms with van der Waals surface area (Å²) in [6, 6.07) is 9.37. The van der Waals surface area contributed by atoms with Gasteiger partial charge in [0.25, 0.3) is 0 Å². The molecule has 0 aliphatic heterocycles. The highest BCUT2D eigenvalue weighted by Crippen LogP contribution is 2.26. The van der Waals surface area contributed by atoms with Gasteiger partial charge in [-0.2, -0.15) is 0 Å². The van der Waals surface area contributed by atoms with Crippen molar-refractivity contribution in [2.75, 3.05) is 0 Å². The van der Waals surface area contributed by atoms with E-state index < -0.39 is 23.3 Å². The van der Waals surface area contributed by atoms with Crippen molar-refractivity contribution in [3.63, 3.8) is 0 Å². The molecule has 0 saturated carbocycles. The summed E-state index contributed by atoms with van der Waals surface area (Å²) in [6.07, 6.45) is 5.07. The van der Waals surface area contributed by atoms with Crippen molar-refractivity contribution in [2.24, 2.45) is 0 Å². The van der Waals surface area contributed by atoms with Crippen LogP contribution in [0.1, 0.15) is 24.5 Å². The standard InChI is InChI=1S/C22H18F4O/c1-2-3-4-5-14-10-20(24)18(21(25)11-14)13-27-16-7-8-17-15(12-16)6-9-19(23)22(17)26/h2-3,6-12H,4-5,13H2,1H3/b3-2+. The molecule has 0 amide bonds. The second-order valence-corrected chi connectivity index (χ2v) is 6.18. The van der Waals surface area contributed by atoms with Crippen LogP contribution < -0.4 is 4.74 Å². The van der Waals surface area contributed by atoms with Gasteiger partial charge in [0.15, 0.2) is 11.6 Å². The van der Waals surface area contributed by atoms with Gasteiger partial charge in [0, 0.05) is 5.39 Å². The molecule has 0 unspecified atom stereocenters. The Labute approximate surface area is 154 Å². The van der Waals surface area contributed by atoms with Crippen LogP contribution >= 0.6 is 0 Å². The van der Waals surface area contributed by atoms with Gasteiger partial charge in [-0.3, -0.25) is 0 Å². The molecule has 5 heteroatoms. The maximum atomic E-state index is 14.2. The quantitative estimate of drug-likeness (QED) is 0.354. The van der Waals surface area contributed by atoms with Crippen LogP contribution in [0.5, 0.6) is 5.75 Å². The van der Waals surface area contributed by atoms with Crippen molar-refractivity contribution in [3.8, 4) is 5.75 Å². The summed E-state index contributed by atoms with van der Waals surface area (Å²) in [5.74, 6) is -2.90. The Kier molecular flexibility index (Phi) is 5.79. The Morgan fingerprint density at radius 3 is 2.33 bits per heavy atom. The lowest BCUT2D eigenvalue weighted by atomic mass is 10.1. The zero-order chi connectivity index (χ0) is 19.4. The van der Waals surface area contributed by atoms with Crippen molar-refractivity contribution < 1.29 is 22.3 Å². The first-order valence-corrected chi connectivity index (χ1v) is 8.58. The summed E-state index contributed by atoms with van der Waals surface area (Å²) < 4.78 is 60.9. The van der Waals surface area contributed by atoms with Gasteiger partial charge in [-0.25, -0.2) is 17.6 Å². The van der Waals surface area contributed by atoms with Gasteiger partial charge in [-0.15, -0.1) is 0 Å². The number of hydrogen-bond acceptors (Lipinski definition) is 1. The summed E-state index contributed by atoms with van der Waals surface area (Å²) in [5.41, 5.74) is 0.408. The van der Waals surface area contributed by atoms with E-state index in [1.165, 1.54) is 36.4 Å². The number of aryl methyl sites for hydroxylation is 1. The number of rotatable bonds is 6. The van der Waals surface area contributed by atoms with E-state index in [2.05, 4.69) is 0 Å². The number of hydrogen-bond donors (Lipinski definition) is 0. The molecule has 0 aromatic heterocycles. The van der Waals surface area contributed by atoms with E-state index in [1.54, 1.807) is 0 Å². The minimum atomic E-state index is -0.940. The SMILES string of the molecule is C/C=C/CCc1cc(F)c(COc2ccc3c(F)c(F)ccc3c2)c(F)c1. The maximum absolute atomic E-state index is 14.2. The third-order valence-corrected chi connectivity index (χ3v) is 4.30. The summed E-state index contributed by atoms with van der Waals surface area (Å²) in [6.45, 7) is 1.58. The normalized spacial score (nSPS) is 11.4. The highest BCUT2D eigenvalue weighted by molar-refractivity contribution is 5.84. The molecule has 0 radical (unpaired) electrons. The van der Waals surface area contributed by atoms with Gasteiger partial charge in [0.05, 0.1) is 5.56 Å². The van der Waals surface area contributed by atoms with Crippen molar-refractivity contribution in [2.45, 2.75) is 26.4 Å². The Morgan fingerprint density at radius 1 is 0.889 bits per heavy atom. The van der Waals surface area contributed by atoms with Crippen molar-refractivity contribution in [3.05, 3.63) is 89.0 Å². The summed E-state index contributed by atoms with van der Waals surface area (Å²) in [7, 11) is 0. The molecule has 0 heterocycles. The molecule has 0 fully saturated rings. The molecule has 27 heavy (non-hydrogen) atoms. The Bertz CT molecular complexity index is 972.